The van der Waals surface area contributed by atoms with Crippen molar-refractivity contribution >= 4 is 38.5 Å². The van der Waals surface area contributed by atoms with Gasteiger partial charge < -0.3 is 19.7 Å². The number of nitrogens with zero attached hydrogens (tertiary/aromatic N) is 2. The van der Waals surface area contributed by atoms with E-state index in [-0.39, 0.29) is 55.2 Å². The number of rotatable bonds is 8. The summed E-state index contributed by atoms with van der Waals surface area (Å²) in [5, 5.41) is 3.38. The second-order valence-corrected chi connectivity index (χ2v) is 15.8. The van der Waals surface area contributed by atoms with Crippen LogP contribution in [0.25, 0.3) is 10.8 Å². The van der Waals surface area contributed by atoms with Crippen molar-refractivity contribution in [3.8, 4) is 11.6 Å². The number of allylic oxidation sites excluding steroid dienone is 1. The molecule has 0 bridgehead atoms. The molecule has 260 valence electrons. The van der Waals surface area contributed by atoms with Gasteiger partial charge in [-0.05, 0) is 80.9 Å². The highest BCUT2D eigenvalue weighted by molar-refractivity contribution is 7.91. The van der Waals surface area contributed by atoms with Crippen molar-refractivity contribution in [2.75, 3.05) is 13.2 Å². The highest BCUT2D eigenvalue weighted by atomic mass is 32.2. The van der Waals surface area contributed by atoms with Crippen molar-refractivity contribution in [3.05, 3.63) is 42.4 Å². The van der Waals surface area contributed by atoms with E-state index in [1.165, 1.54) is 11.0 Å². The zero-order valence-electron chi connectivity index (χ0n) is 27.7. The van der Waals surface area contributed by atoms with Gasteiger partial charge in [-0.15, -0.1) is 0 Å². The SMILES string of the molecule is CCOc1cc2ccnc(O[C@@H]3C[C@H]4C(=O)N[C@]5(C(=O)NS(=O)(=O)C6CC6)C[C@H]5/C=C\CC[C@@H](C)C[C@@H](CC)CC(=O)N4C3)c2cc1F. The topological polar surface area (TPSA) is 144 Å². The third-order valence-corrected chi connectivity index (χ3v) is 12.0. The summed E-state index contributed by atoms with van der Waals surface area (Å²) in [5.41, 5.74) is -1.44. The Hall–Kier alpha value is -3.74. The predicted molar refractivity (Wildman–Crippen MR) is 177 cm³/mol. The van der Waals surface area contributed by atoms with Crippen LogP contribution in [0.4, 0.5) is 4.39 Å². The first-order chi connectivity index (χ1) is 22.9. The number of nitrogens with one attached hydrogen (secondary N) is 2. The highest BCUT2D eigenvalue weighted by Crippen LogP contribution is 2.46. The van der Waals surface area contributed by atoms with Crippen LogP contribution >= 0.6 is 0 Å². The first kappa shape index (κ1) is 34.1. The van der Waals surface area contributed by atoms with Gasteiger partial charge in [0.1, 0.15) is 17.7 Å². The third kappa shape index (κ3) is 7.16. The molecule has 11 nitrogen and oxygen atoms in total. The van der Waals surface area contributed by atoms with E-state index in [9.17, 15) is 27.2 Å². The summed E-state index contributed by atoms with van der Waals surface area (Å²) >= 11 is 0. The van der Waals surface area contributed by atoms with Gasteiger partial charge >= 0.3 is 0 Å². The number of amides is 3. The summed E-state index contributed by atoms with van der Waals surface area (Å²) in [6, 6.07) is 3.65. The molecule has 48 heavy (non-hydrogen) atoms. The molecular formula is C35H45FN4O7S. The van der Waals surface area contributed by atoms with E-state index in [0.717, 1.165) is 25.7 Å². The van der Waals surface area contributed by atoms with Crippen molar-refractivity contribution in [2.45, 2.75) is 101 Å². The number of pyridine rings is 1. The van der Waals surface area contributed by atoms with Crippen LogP contribution in [0, 0.1) is 23.6 Å². The molecule has 2 saturated carbocycles. The quantitative estimate of drug-likeness (QED) is 0.390. The molecule has 6 rings (SSSR count). The fraction of sp³-hybridized carbons (Fsp3) is 0.600. The van der Waals surface area contributed by atoms with Crippen molar-refractivity contribution in [2.24, 2.45) is 17.8 Å². The van der Waals surface area contributed by atoms with E-state index >= 15 is 0 Å². The average Bonchev–Trinajstić information content (AvgIpc) is 3.96. The van der Waals surface area contributed by atoms with Crippen LogP contribution in [-0.2, 0) is 24.4 Å². The van der Waals surface area contributed by atoms with Gasteiger partial charge in [0.25, 0.3) is 5.91 Å². The van der Waals surface area contributed by atoms with Gasteiger partial charge in [-0.3, -0.25) is 19.1 Å². The molecule has 6 atom stereocenters. The second-order valence-electron chi connectivity index (χ2n) is 13.9. The van der Waals surface area contributed by atoms with Crippen molar-refractivity contribution < 1.29 is 36.7 Å². The van der Waals surface area contributed by atoms with Crippen LogP contribution in [0.15, 0.2) is 36.5 Å². The number of hydrogen-bond acceptors (Lipinski definition) is 8. The fourth-order valence-corrected chi connectivity index (χ4v) is 8.49. The Labute approximate surface area is 281 Å². The predicted octanol–water partition coefficient (Wildman–Crippen LogP) is 4.40. The standard InChI is InChI=1S/C35H45FN4O7S/c1-4-22-14-21(3)8-6-7-9-24-19-35(24,34(43)39-48(44,45)26-10-11-26)38-32(42)29-17-25(20-40(29)31(41)15-22)47-33-27-18-28(36)30(46-5-2)16-23(27)12-13-37-33/h7,9,12-13,16,18,21-22,24-26,29H,4-6,8,10-11,14-15,17,19-20H2,1-3H3,(H,38,42)(H,39,43)/b9-7-/t21-,22-,24-,25-,29+,35-/m1/s1. The maximum Gasteiger partial charge on any atom is 0.259 e. The second kappa shape index (κ2) is 13.6. The van der Waals surface area contributed by atoms with Gasteiger partial charge in [-0.2, -0.15) is 0 Å². The Morgan fingerprint density at radius 2 is 1.98 bits per heavy atom. The van der Waals surface area contributed by atoms with Crippen LogP contribution in [0.3, 0.4) is 0 Å². The summed E-state index contributed by atoms with van der Waals surface area (Å²) < 4.78 is 54.2. The first-order valence-electron chi connectivity index (χ1n) is 17.2. The van der Waals surface area contributed by atoms with Gasteiger partial charge in [0.15, 0.2) is 11.6 Å². The molecule has 0 spiro atoms. The summed E-state index contributed by atoms with van der Waals surface area (Å²) in [6.45, 7) is 6.40. The molecule has 2 aromatic rings. The monoisotopic (exact) mass is 684 g/mol. The van der Waals surface area contributed by atoms with Crippen LogP contribution in [-0.4, -0.2) is 72.1 Å². The summed E-state index contributed by atoms with van der Waals surface area (Å²) in [6.07, 6.45) is 9.79. The number of carbonyl (C=O) groups is 3. The minimum absolute atomic E-state index is 0.0963. The largest absolute Gasteiger partial charge is 0.491 e. The summed E-state index contributed by atoms with van der Waals surface area (Å²) in [4.78, 5) is 47.5. The number of hydrogen-bond donors (Lipinski definition) is 2. The molecule has 1 aromatic heterocycles. The number of halogens is 1. The maximum atomic E-state index is 14.9. The molecule has 1 saturated heterocycles. The molecule has 2 aliphatic heterocycles. The van der Waals surface area contributed by atoms with Crippen LogP contribution in [0.1, 0.15) is 78.6 Å². The Morgan fingerprint density at radius 1 is 1.19 bits per heavy atom. The lowest BCUT2D eigenvalue weighted by molar-refractivity contribution is -0.140. The smallest absolute Gasteiger partial charge is 0.259 e. The molecule has 13 heteroatoms. The normalized spacial score (nSPS) is 30.3. The van der Waals surface area contributed by atoms with Gasteiger partial charge in [0, 0.05) is 30.3 Å². The molecule has 3 heterocycles. The zero-order valence-corrected chi connectivity index (χ0v) is 28.6. The Bertz CT molecular complexity index is 1710. The van der Waals surface area contributed by atoms with E-state index in [0.29, 0.717) is 36.1 Å². The van der Waals surface area contributed by atoms with Crippen molar-refractivity contribution in [3.63, 3.8) is 0 Å². The number of ether oxygens (including phenoxy) is 2. The van der Waals surface area contributed by atoms with E-state index < -0.39 is 50.6 Å². The average molecular weight is 685 g/mol. The minimum atomic E-state index is -3.84. The molecule has 2 N–H and O–H groups in total. The van der Waals surface area contributed by atoms with Crippen molar-refractivity contribution in [1.82, 2.24) is 19.9 Å². The Balaban J connectivity index is 1.29. The van der Waals surface area contributed by atoms with Crippen molar-refractivity contribution in [1.29, 1.82) is 0 Å². The van der Waals surface area contributed by atoms with Crippen LogP contribution in [0.5, 0.6) is 11.6 Å². The first-order valence-corrected chi connectivity index (χ1v) is 18.7. The fourth-order valence-electron chi connectivity index (χ4n) is 7.13. The minimum Gasteiger partial charge on any atom is -0.491 e. The highest BCUT2D eigenvalue weighted by Gasteiger charge is 2.62. The molecule has 1 aromatic carbocycles. The molecule has 3 fully saturated rings. The van der Waals surface area contributed by atoms with Gasteiger partial charge in [0.2, 0.25) is 27.7 Å². The summed E-state index contributed by atoms with van der Waals surface area (Å²) in [7, 11) is -3.84. The Kier molecular flexibility index (Phi) is 9.70. The molecule has 3 amide bonds. The van der Waals surface area contributed by atoms with Gasteiger partial charge in [-0.25, -0.2) is 17.8 Å². The molecule has 0 unspecified atom stereocenters. The van der Waals surface area contributed by atoms with E-state index in [2.05, 4.69) is 28.9 Å². The maximum absolute atomic E-state index is 14.9. The molecule has 0 radical (unpaired) electrons. The number of fused-ring (bicyclic) bond motifs is 3. The molecule has 4 aliphatic rings. The van der Waals surface area contributed by atoms with Gasteiger partial charge in [0.05, 0.1) is 18.4 Å². The van der Waals surface area contributed by atoms with Crippen LogP contribution in [0.2, 0.25) is 0 Å². The van der Waals surface area contributed by atoms with Gasteiger partial charge in [-0.1, -0.05) is 32.4 Å². The number of aromatic nitrogens is 1. The Morgan fingerprint density at radius 3 is 2.71 bits per heavy atom. The number of benzene rings is 1. The zero-order chi connectivity index (χ0) is 34.2. The lowest BCUT2D eigenvalue weighted by Gasteiger charge is -2.28. The van der Waals surface area contributed by atoms with E-state index in [1.54, 1.807) is 25.3 Å². The number of sulfonamides is 1. The van der Waals surface area contributed by atoms with E-state index in [1.807, 2.05) is 12.2 Å². The number of carbonyl (C=O) groups excluding carboxylic acids is 3. The van der Waals surface area contributed by atoms with E-state index in [4.69, 9.17) is 9.47 Å². The van der Waals surface area contributed by atoms with Crippen LogP contribution < -0.4 is 19.5 Å². The molecule has 2 aliphatic carbocycles. The lowest BCUT2D eigenvalue weighted by atomic mass is 9.88. The third-order valence-electron chi connectivity index (χ3n) is 10.2. The lowest BCUT2D eigenvalue weighted by Crippen LogP contribution is -2.56. The molecular weight excluding hydrogens is 639 g/mol. The summed E-state index contributed by atoms with van der Waals surface area (Å²) in [5.74, 6) is -1.64.